The van der Waals surface area contributed by atoms with E-state index in [2.05, 4.69) is 4.98 Å². The molecule has 0 aliphatic heterocycles. The van der Waals surface area contributed by atoms with Crippen LogP contribution in [0.1, 0.15) is 10.6 Å². The van der Waals surface area contributed by atoms with Crippen molar-refractivity contribution in [2.45, 2.75) is 12.7 Å². The molecule has 5 nitrogen and oxygen atoms in total. The number of hydrogen-bond acceptors (Lipinski definition) is 4. The second-order valence-corrected chi connectivity index (χ2v) is 5.13. The third-order valence-electron chi connectivity index (χ3n) is 3.04. The van der Waals surface area contributed by atoms with Crippen molar-refractivity contribution < 1.29 is 22.7 Å². The summed E-state index contributed by atoms with van der Waals surface area (Å²) < 4.78 is 44.4. The largest absolute Gasteiger partial charge is 0.497 e. The van der Waals surface area contributed by atoms with Crippen molar-refractivity contribution in [2.24, 2.45) is 0 Å². The lowest BCUT2D eigenvalue weighted by Gasteiger charge is -2.11. The molecule has 0 spiro atoms. The third-order valence-corrected chi connectivity index (χ3v) is 3.04. The van der Waals surface area contributed by atoms with E-state index < -0.39 is 18.5 Å². The minimum absolute atomic E-state index is 0.227. The lowest BCUT2D eigenvalue weighted by molar-refractivity contribution is -0.140. The molecule has 2 aromatic rings. The molecule has 124 valence electrons. The fourth-order valence-corrected chi connectivity index (χ4v) is 2.06. The van der Waals surface area contributed by atoms with Crippen LogP contribution in [0, 0.1) is 0 Å². The maximum absolute atomic E-state index is 12.8. The van der Waals surface area contributed by atoms with Crippen LogP contribution in [0.2, 0.25) is 0 Å². The molecular formula is C15H16F3N3O2. The number of ketones is 1. The van der Waals surface area contributed by atoms with E-state index in [0.717, 1.165) is 4.57 Å². The van der Waals surface area contributed by atoms with Crippen LogP contribution < -0.4 is 4.74 Å². The molecule has 0 radical (unpaired) electrons. The molecule has 0 saturated carbocycles. The smallest absolute Gasteiger partial charge is 0.406 e. The van der Waals surface area contributed by atoms with Crippen LogP contribution in [0.5, 0.6) is 5.75 Å². The topological polar surface area (TPSA) is 47.4 Å². The minimum Gasteiger partial charge on any atom is -0.497 e. The molecule has 1 heterocycles. The number of carbonyl (C=O) groups excluding carboxylic acids is 1. The molecule has 2 rings (SSSR count). The summed E-state index contributed by atoms with van der Waals surface area (Å²) in [5, 5.41) is 0. The molecule has 0 aliphatic carbocycles. The number of imidazole rings is 1. The Labute approximate surface area is 131 Å². The first-order chi connectivity index (χ1) is 10.7. The molecule has 0 amide bonds. The fraction of sp³-hybridized carbons (Fsp3) is 0.333. The molecule has 8 heteroatoms. The molecular weight excluding hydrogens is 311 g/mol. The second-order valence-electron chi connectivity index (χ2n) is 5.13. The molecule has 0 atom stereocenters. The number of aromatic nitrogens is 2. The highest BCUT2D eigenvalue weighted by Gasteiger charge is 2.31. The summed E-state index contributed by atoms with van der Waals surface area (Å²) in [4.78, 5) is 17.8. The van der Waals surface area contributed by atoms with Gasteiger partial charge in [-0.15, -0.1) is 0 Å². The number of halogens is 3. The number of rotatable bonds is 5. The van der Waals surface area contributed by atoms with Crippen molar-refractivity contribution >= 4 is 16.8 Å². The maximum atomic E-state index is 12.8. The minimum atomic E-state index is -4.46. The number of fused-ring (bicyclic) bond motifs is 1. The Hall–Kier alpha value is -2.51. The van der Waals surface area contributed by atoms with Gasteiger partial charge in [-0.3, -0.25) is 4.79 Å². The maximum Gasteiger partial charge on any atom is 0.406 e. The summed E-state index contributed by atoms with van der Waals surface area (Å²) in [6.07, 6.45) is -1.82. The highest BCUT2D eigenvalue weighted by molar-refractivity contribution is 6.04. The predicted octanol–water partition coefficient (Wildman–Crippen LogP) is 2.87. The number of allylic oxidation sites excluding steroid dienone is 1. The van der Waals surface area contributed by atoms with Crippen molar-refractivity contribution in [3.63, 3.8) is 0 Å². The average molecular weight is 327 g/mol. The standard InChI is InChI=1S/C15H16F3N3O2/c1-20(2)7-6-13(22)14-19-11-8-10(23-3)4-5-12(11)21(14)9-15(16,17)18/h4-8H,9H2,1-3H3/b7-6+. The number of ether oxygens (including phenoxy) is 1. The van der Waals surface area contributed by atoms with E-state index >= 15 is 0 Å². The van der Waals surface area contributed by atoms with Crippen LogP contribution in [-0.2, 0) is 6.54 Å². The first-order valence-corrected chi connectivity index (χ1v) is 6.71. The second kappa shape index (κ2) is 6.31. The summed E-state index contributed by atoms with van der Waals surface area (Å²) in [6, 6.07) is 4.48. The first kappa shape index (κ1) is 16.9. The number of hydrogen-bond donors (Lipinski definition) is 0. The molecule has 0 aliphatic rings. The summed E-state index contributed by atoms with van der Waals surface area (Å²) >= 11 is 0. The SMILES string of the molecule is COc1ccc2c(c1)nc(C(=O)/C=C/N(C)C)n2CC(F)(F)F. The first-order valence-electron chi connectivity index (χ1n) is 6.71. The van der Waals surface area contributed by atoms with Crippen LogP contribution in [0.25, 0.3) is 11.0 Å². The van der Waals surface area contributed by atoms with Crippen LogP contribution >= 0.6 is 0 Å². The van der Waals surface area contributed by atoms with Gasteiger partial charge in [0.1, 0.15) is 12.3 Å². The quantitative estimate of drug-likeness (QED) is 0.626. The molecule has 0 saturated heterocycles. The van der Waals surface area contributed by atoms with Crippen LogP contribution in [0.3, 0.4) is 0 Å². The van der Waals surface area contributed by atoms with Crippen molar-refractivity contribution in [2.75, 3.05) is 21.2 Å². The molecule has 1 aromatic heterocycles. The van der Waals surface area contributed by atoms with Crippen LogP contribution in [0.15, 0.2) is 30.5 Å². The van der Waals surface area contributed by atoms with Gasteiger partial charge in [-0.2, -0.15) is 13.2 Å². The Morgan fingerprint density at radius 1 is 1.39 bits per heavy atom. The van der Waals surface area contributed by atoms with E-state index in [0.29, 0.717) is 5.75 Å². The van der Waals surface area contributed by atoms with Gasteiger partial charge in [-0.25, -0.2) is 4.98 Å². The summed E-state index contributed by atoms with van der Waals surface area (Å²) in [5.41, 5.74) is 0.500. The monoisotopic (exact) mass is 327 g/mol. The van der Waals surface area contributed by atoms with Crippen LogP contribution in [-0.4, -0.2) is 47.6 Å². The predicted molar refractivity (Wildman–Crippen MR) is 79.5 cm³/mol. The van der Waals surface area contributed by atoms with Gasteiger partial charge in [0.05, 0.1) is 18.1 Å². The van der Waals surface area contributed by atoms with Gasteiger partial charge in [0, 0.05) is 32.4 Å². The van der Waals surface area contributed by atoms with Crippen molar-refractivity contribution in [1.29, 1.82) is 0 Å². The molecule has 0 unspecified atom stereocenters. The normalized spacial score (nSPS) is 12.1. The van der Waals surface area contributed by atoms with E-state index in [1.807, 2.05) is 0 Å². The number of carbonyl (C=O) groups is 1. The van der Waals surface area contributed by atoms with Crippen molar-refractivity contribution in [3.8, 4) is 5.75 Å². The summed E-state index contributed by atoms with van der Waals surface area (Å²) in [5.74, 6) is -0.404. The number of benzene rings is 1. The molecule has 0 fully saturated rings. The molecule has 1 aromatic carbocycles. The van der Waals surface area contributed by atoms with Crippen molar-refractivity contribution in [3.05, 3.63) is 36.3 Å². The van der Waals surface area contributed by atoms with Gasteiger partial charge in [0.15, 0.2) is 5.82 Å². The Kier molecular flexibility index (Phi) is 4.63. The van der Waals surface area contributed by atoms with E-state index in [1.54, 1.807) is 19.0 Å². The Morgan fingerprint density at radius 3 is 2.65 bits per heavy atom. The van der Waals surface area contributed by atoms with E-state index in [1.165, 1.54) is 37.6 Å². The average Bonchev–Trinajstić information content (AvgIpc) is 2.80. The van der Waals surface area contributed by atoms with E-state index in [-0.39, 0.29) is 16.9 Å². The van der Waals surface area contributed by atoms with Gasteiger partial charge < -0.3 is 14.2 Å². The molecule has 0 bridgehead atoms. The van der Waals surface area contributed by atoms with Gasteiger partial charge in [0.2, 0.25) is 5.78 Å². The molecule has 0 N–H and O–H groups in total. The highest BCUT2D eigenvalue weighted by Crippen LogP contribution is 2.26. The lowest BCUT2D eigenvalue weighted by atomic mass is 10.3. The Balaban J connectivity index is 2.56. The number of methoxy groups -OCH3 is 1. The zero-order chi connectivity index (χ0) is 17.2. The third kappa shape index (κ3) is 4.02. The highest BCUT2D eigenvalue weighted by atomic mass is 19.4. The van der Waals surface area contributed by atoms with Gasteiger partial charge in [-0.1, -0.05) is 0 Å². The van der Waals surface area contributed by atoms with Crippen molar-refractivity contribution in [1.82, 2.24) is 14.5 Å². The van der Waals surface area contributed by atoms with Gasteiger partial charge in [0.25, 0.3) is 0 Å². The zero-order valence-corrected chi connectivity index (χ0v) is 12.9. The van der Waals surface area contributed by atoms with Gasteiger partial charge >= 0.3 is 6.18 Å². The number of nitrogens with zero attached hydrogens (tertiary/aromatic N) is 3. The summed E-state index contributed by atoms with van der Waals surface area (Å²) in [6.45, 7) is -1.29. The zero-order valence-electron chi connectivity index (χ0n) is 12.9. The fourth-order valence-electron chi connectivity index (χ4n) is 2.06. The van der Waals surface area contributed by atoms with E-state index in [9.17, 15) is 18.0 Å². The Morgan fingerprint density at radius 2 is 2.09 bits per heavy atom. The lowest BCUT2D eigenvalue weighted by Crippen LogP contribution is -2.21. The van der Waals surface area contributed by atoms with Gasteiger partial charge in [-0.05, 0) is 12.1 Å². The summed E-state index contributed by atoms with van der Waals surface area (Å²) in [7, 11) is 4.85. The van der Waals surface area contributed by atoms with Crippen LogP contribution in [0.4, 0.5) is 13.2 Å². The van der Waals surface area contributed by atoms with E-state index in [4.69, 9.17) is 4.74 Å². The Bertz CT molecular complexity index is 748. The number of alkyl halides is 3. The molecule has 23 heavy (non-hydrogen) atoms.